The largest absolute Gasteiger partial charge is 0.336 e. The molecule has 2 aromatic heterocycles. The van der Waals surface area contributed by atoms with Gasteiger partial charge in [0.05, 0.1) is 13.1 Å². The average Bonchev–Trinajstić information content (AvgIpc) is 3.64. The van der Waals surface area contributed by atoms with Crippen LogP contribution in [-0.2, 0) is 13.1 Å². The molecule has 0 saturated heterocycles. The molecular formula is C44H28F5N3. The minimum atomic E-state index is -0.504. The summed E-state index contributed by atoms with van der Waals surface area (Å²) in [6.07, 6.45) is 0. The molecule has 0 amide bonds. The zero-order valence-corrected chi connectivity index (χ0v) is 27.5. The third-order valence-corrected chi connectivity index (χ3v) is 9.79. The fourth-order valence-corrected chi connectivity index (χ4v) is 7.41. The monoisotopic (exact) mass is 693 g/mol. The molecule has 0 atom stereocenters. The predicted octanol–water partition coefficient (Wildman–Crippen LogP) is 12.2. The van der Waals surface area contributed by atoms with Gasteiger partial charge in [0.1, 0.15) is 29.1 Å². The lowest BCUT2D eigenvalue weighted by molar-refractivity contribution is 0.580. The molecule has 0 fully saturated rings. The van der Waals surface area contributed by atoms with Gasteiger partial charge in [-0.05, 0) is 109 Å². The molecule has 0 N–H and O–H groups in total. The summed E-state index contributed by atoms with van der Waals surface area (Å²) in [7, 11) is 0. The number of anilines is 3. The van der Waals surface area contributed by atoms with E-state index >= 15 is 0 Å². The SMILES string of the molecule is Fc1ccc(N(c2ccc3c(c2)c2ccccc2n3Cc2cc(F)ccc2F)c2ccc3c(c2)c2ccccc2n3Cc2cc(F)ccc2F)cc1. The first-order valence-electron chi connectivity index (χ1n) is 16.8. The highest BCUT2D eigenvalue weighted by Crippen LogP contribution is 2.41. The van der Waals surface area contributed by atoms with Gasteiger partial charge in [-0.1, -0.05) is 36.4 Å². The normalized spacial score (nSPS) is 11.7. The van der Waals surface area contributed by atoms with E-state index in [1.807, 2.05) is 86.8 Å². The van der Waals surface area contributed by atoms with Gasteiger partial charge < -0.3 is 14.0 Å². The zero-order valence-electron chi connectivity index (χ0n) is 27.5. The second-order valence-electron chi connectivity index (χ2n) is 12.9. The van der Waals surface area contributed by atoms with Crippen LogP contribution in [0.5, 0.6) is 0 Å². The van der Waals surface area contributed by atoms with E-state index in [9.17, 15) is 22.0 Å². The Kier molecular flexibility index (Phi) is 7.54. The fourth-order valence-electron chi connectivity index (χ4n) is 7.41. The number of aromatic nitrogens is 2. The Balaban J connectivity index is 1.22. The minimum Gasteiger partial charge on any atom is -0.336 e. The van der Waals surface area contributed by atoms with E-state index < -0.39 is 23.3 Å². The van der Waals surface area contributed by atoms with E-state index in [0.717, 1.165) is 84.9 Å². The van der Waals surface area contributed by atoms with Crippen LogP contribution in [0.2, 0.25) is 0 Å². The lowest BCUT2D eigenvalue weighted by Crippen LogP contribution is -2.10. The molecule has 2 heterocycles. The van der Waals surface area contributed by atoms with Gasteiger partial charge in [-0.3, -0.25) is 0 Å². The Morgan fingerprint density at radius 1 is 0.365 bits per heavy atom. The van der Waals surface area contributed by atoms with Crippen molar-refractivity contribution >= 4 is 60.7 Å². The molecule has 52 heavy (non-hydrogen) atoms. The van der Waals surface area contributed by atoms with Crippen molar-refractivity contribution in [3.8, 4) is 0 Å². The molecule has 8 heteroatoms. The van der Waals surface area contributed by atoms with Gasteiger partial charge in [0.25, 0.3) is 0 Å². The van der Waals surface area contributed by atoms with Crippen LogP contribution in [0.15, 0.2) is 146 Å². The molecular weight excluding hydrogens is 665 g/mol. The number of nitrogens with zero attached hydrogens (tertiary/aromatic N) is 3. The van der Waals surface area contributed by atoms with Crippen molar-refractivity contribution in [1.82, 2.24) is 9.13 Å². The summed E-state index contributed by atoms with van der Waals surface area (Å²) in [5.74, 6) is -2.34. The minimum absolute atomic E-state index is 0.134. The predicted molar refractivity (Wildman–Crippen MR) is 198 cm³/mol. The maximum atomic E-state index is 14.8. The lowest BCUT2D eigenvalue weighted by atomic mass is 10.1. The Hall–Kier alpha value is -6.41. The highest BCUT2D eigenvalue weighted by molar-refractivity contribution is 6.11. The van der Waals surface area contributed by atoms with Crippen molar-refractivity contribution in [2.24, 2.45) is 0 Å². The molecule has 9 rings (SSSR count). The quantitative estimate of drug-likeness (QED) is 0.152. The first-order valence-corrected chi connectivity index (χ1v) is 16.8. The van der Waals surface area contributed by atoms with E-state index in [4.69, 9.17) is 0 Å². The Morgan fingerprint density at radius 3 is 1.25 bits per heavy atom. The van der Waals surface area contributed by atoms with E-state index in [2.05, 4.69) is 12.1 Å². The van der Waals surface area contributed by atoms with Gasteiger partial charge in [0.2, 0.25) is 0 Å². The summed E-state index contributed by atoms with van der Waals surface area (Å²) in [6, 6.07) is 40.8. The number of fused-ring (bicyclic) bond motifs is 6. The first-order chi connectivity index (χ1) is 25.3. The van der Waals surface area contributed by atoms with E-state index in [0.29, 0.717) is 0 Å². The van der Waals surface area contributed by atoms with Gasteiger partial charge >= 0.3 is 0 Å². The van der Waals surface area contributed by atoms with Gasteiger partial charge in [-0.15, -0.1) is 0 Å². The molecule has 254 valence electrons. The molecule has 0 spiro atoms. The zero-order chi connectivity index (χ0) is 35.5. The molecule has 0 aliphatic rings. The van der Waals surface area contributed by atoms with Crippen molar-refractivity contribution < 1.29 is 22.0 Å². The van der Waals surface area contributed by atoms with Crippen molar-refractivity contribution in [2.75, 3.05) is 4.90 Å². The molecule has 9 aromatic rings. The molecule has 3 nitrogen and oxygen atoms in total. The summed E-state index contributed by atoms with van der Waals surface area (Å²) in [6.45, 7) is 0.268. The number of halogens is 5. The van der Waals surface area contributed by atoms with Gasteiger partial charge in [-0.25, -0.2) is 22.0 Å². The van der Waals surface area contributed by atoms with Gasteiger partial charge in [-0.2, -0.15) is 0 Å². The van der Waals surface area contributed by atoms with E-state index in [1.54, 1.807) is 12.1 Å². The summed E-state index contributed by atoms with van der Waals surface area (Å²) in [5, 5.41) is 3.70. The molecule has 0 aliphatic heterocycles. The molecule has 0 unspecified atom stereocenters. The van der Waals surface area contributed by atoms with E-state index in [1.165, 1.54) is 24.3 Å². The number of rotatable bonds is 7. The maximum Gasteiger partial charge on any atom is 0.128 e. The van der Waals surface area contributed by atoms with Crippen LogP contribution in [0.4, 0.5) is 39.0 Å². The molecule has 0 aliphatic carbocycles. The summed E-state index contributed by atoms with van der Waals surface area (Å²) in [5.41, 5.74) is 6.22. The first kappa shape index (κ1) is 31.6. The topological polar surface area (TPSA) is 13.1 Å². The van der Waals surface area contributed by atoms with Crippen molar-refractivity contribution in [3.05, 3.63) is 186 Å². The van der Waals surface area contributed by atoms with Gasteiger partial charge in [0.15, 0.2) is 0 Å². The van der Waals surface area contributed by atoms with Crippen LogP contribution in [0.3, 0.4) is 0 Å². The second kappa shape index (κ2) is 12.4. The number of para-hydroxylation sites is 2. The highest BCUT2D eigenvalue weighted by Gasteiger charge is 2.20. The van der Waals surface area contributed by atoms with Crippen LogP contribution in [0, 0.1) is 29.1 Å². The third-order valence-electron chi connectivity index (χ3n) is 9.79. The Labute approximate surface area is 295 Å². The summed E-state index contributed by atoms with van der Waals surface area (Å²) in [4.78, 5) is 2.04. The number of hydrogen-bond acceptors (Lipinski definition) is 1. The van der Waals surface area contributed by atoms with Crippen LogP contribution >= 0.6 is 0 Å². The third kappa shape index (κ3) is 5.35. The Morgan fingerprint density at radius 2 is 0.769 bits per heavy atom. The average molecular weight is 694 g/mol. The van der Waals surface area contributed by atoms with Crippen molar-refractivity contribution in [1.29, 1.82) is 0 Å². The van der Waals surface area contributed by atoms with Crippen LogP contribution in [-0.4, -0.2) is 9.13 Å². The molecule has 0 saturated carbocycles. The molecule has 0 bridgehead atoms. The van der Waals surface area contributed by atoms with E-state index in [-0.39, 0.29) is 30.0 Å². The molecule has 0 radical (unpaired) electrons. The van der Waals surface area contributed by atoms with Crippen LogP contribution < -0.4 is 4.90 Å². The Bertz CT molecular complexity index is 2650. The smallest absolute Gasteiger partial charge is 0.128 e. The van der Waals surface area contributed by atoms with Crippen LogP contribution in [0.1, 0.15) is 11.1 Å². The van der Waals surface area contributed by atoms with Crippen molar-refractivity contribution in [2.45, 2.75) is 13.1 Å². The van der Waals surface area contributed by atoms with Crippen molar-refractivity contribution in [3.63, 3.8) is 0 Å². The molecule has 7 aromatic carbocycles. The number of hydrogen-bond donors (Lipinski definition) is 0. The lowest BCUT2D eigenvalue weighted by Gasteiger charge is -2.26. The standard InChI is InChI=1S/C44H28F5N3/c45-29-9-13-32(14-10-29)52(33-15-19-43-37(23-33)35-5-1-3-7-41(35)50(43)25-27-21-30(46)11-17-39(27)48)34-16-20-44-38(24-34)36-6-2-4-8-42(36)51(44)26-28-22-31(47)12-18-40(28)49/h1-24H,25-26H2. The summed E-state index contributed by atoms with van der Waals surface area (Å²) >= 11 is 0. The van der Waals surface area contributed by atoms with Crippen LogP contribution in [0.25, 0.3) is 43.6 Å². The van der Waals surface area contributed by atoms with Gasteiger partial charge in [0, 0.05) is 71.8 Å². The highest BCUT2D eigenvalue weighted by atomic mass is 19.1. The number of benzene rings is 7. The maximum absolute atomic E-state index is 14.8. The second-order valence-corrected chi connectivity index (χ2v) is 12.9. The summed E-state index contributed by atoms with van der Waals surface area (Å²) < 4.78 is 76.3. The fraction of sp³-hybridized carbons (Fsp3) is 0.0455.